The summed E-state index contributed by atoms with van der Waals surface area (Å²) in [6, 6.07) is 8.09. The molecule has 6 heteroatoms. The zero-order chi connectivity index (χ0) is 15.4. The lowest BCUT2D eigenvalue weighted by molar-refractivity contribution is -0.144. The number of nitrogens with two attached hydrogens (primary N) is 1. The number of aliphatic carboxylic acids is 1. The Labute approximate surface area is 124 Å². The lowest BCUT2D eigenvalue weighted by atomic mass is 10.1. The molecule has 1 heterocycles. The second-order valence-corrected chi connectivity index (χ2v) is 5.26. The van der Waals surface area contributed by atoms with E-state index in [-0.39, 0.29) is 5.91 Å². The molecule has 3 N–H and O–H groups in total. The maximum atomic E-state index is 12.4. The van der Waals surface area contributed by atoms with Crippen LogP contribution in [0.4, 0.5) is 0 Å². The van der Waals surface area contributed by atoms with Gasteiger partial charge in [-0.15, -0.1) is 0 Å². The Morgan fingerprint density at radius 2 is 1.71 bits per heavy atom. The molecule has 1 aromatic carbocycles. The molecule has 6 nitrogen and oxygen atoms in total. The van der Waals surface area contributed by atoms with Crippen molar-refractivity contribution in [1.82, 2.24) is 9.80 Å². The van der Waals surface area contributed by atoms with Gasteiger partial charge in [-0.05, 0) is 12.5 Å². The number of rotatable bonds is 4. The number of hydrogen-bond acceptors (Lipinski definition) is 4. The maximum Gasteiger partial charge on any atom is 0.320 e. The van der Waals surface area contributed by atoms with Crippen LogP contribution in [-0.4, -0.2) is 59.0 Å². The summed E-state index contributed by atoms with van der Waals surface area (Å²) >= 11 is 0. The second-order valence-electron chi connectivity index (χ2n) is 5.26. The van der Waals surface area contributed by atoms with Crippen molar-refractivity contribution < 1.29 is 14.7 Å². The zero-order valence-electron chi connectivity index (χ0n) is 12.1. The minimum absolute atomic E-state index is 0.108. The average molecular weight is 291 g/mol. The van der Waals surface area contributed by atoms with E-state index in [0.29, 0.717) is 26.2 Å². The molecule has 114 valence electrons. The number of piperazine rings is 1. The molecule has 2 atom stereocenters. The molecule has 1 aromatic rings. The number of nitrogens with zero attached hydrogens (tertiary/aromatic N) is 2. The van der Waals surface area contributed by atoms with Crippen molar-refractivity contribution >= 4 is 11.9 Å². The van der Waals surface area contributed by atoms with Crippen LogP contribution in [-0.2, 0) is 9.59 Å². The van der Waals surface area contributed by atoms with Gasteiger partial charge in [0.1, 0.15) is 12.1 Å². The Bertz CT molecular complexity index is 498. The van der Waals surface area contributed by atoms with Crippen LogP contribution in [0.1, 0.15) is 18.5 Å². The molecule has 1 fully saturated rings. The standard InChI is InChI=1S/C15H21N3O3/c1-11(15(20)21)17-7-9-18(10-8-17)14(19)13(16)12-5-3-2-4-6-12/h2-6,11,13H,7-10,16H2,1H3,(H,20,21)/t11?,13-/m1/s1. The fraction of sp³-hybridized carbons (Fsp3) is 0.467. The highest BCUT2D eigenvalue weighted by atomic mass is 16.4. The number of carbonyl (C=O) groups is 2. The summed E-state index contributed by atoms with van der Waals surface area (Å²) < 4.78 is 0. The number of benzene rings is 1. The van der Waals surface area contributed by atoms with Crippen LogP contribution in [0.5, 0.6) is 0 Å². The lowest BCUT2D eigenvalue weighted by Gasteiger charge is -2.37. The Hall–Kier alpha value is -1.92. The first-order valence-electron chi connectivity index (χ1n) is 7.07. The van der Waals surface area contributed by atoms with Gasteiger partial charge in [-0.25, -0.2) is 0 Å². The van der Waals surface area contributed by atoms with Gasteiger partial charge in [0.15, 0.2) is 0 Å². The minimum atomic E-state index is -0.837. The van der Waals surface area contributed by atoms with Gasteiger partial charge in [-0.1, -0.05) is 30.3 Å². The highest BCUT2D eigenvalue weighted by Crippen LogP contribution is 2.15. The normalized spacial score (nSPS) is 19.0. The molecule has 1 unspecified atom stereocenters. The molecule has 0 radical (unpaired) electrons. The molecule has 1 saturated heterocycles. The monoisotopic (exact) mass is 291 g/mol. The van der Waals surface area contributed by atoms with Crippen molar-refractivity contribution in [3.63, 3.8) is 0 Å². The first-order chi connectivity index (χ1) is 10.0. The molecule has 0 spiro atoms. The molecule has 0 saturated carbocycles. The van der Waals surface area contributed by atoms with Crippen LogP contribution in [0, 0.1) is 0 Å². The van der Waals surface area contributed by atoms with Crippen LogP contribution < -0.4 is 5.73 Å². The fourth-order valence-electron chi connectivity index (χ4n) is 2.49. The van der Waals surface area contributed by atoms with E-state index in [1.165, 1.54) is 0 Å². The third-order valence-corrected chi connectivity index (χ3v) is 3.96. The quantitative estimate of drug-likeness (QED) is 0.833. The highest BCUT2D eigenvalue weighted by Gasteiger charge is 2.29. The van der Waals surface area contributed by atoms with Crippen LogP contribution in [0.3, 0.4) is 0 Å². The summed E-state index contributed by atoms with van der Waals surface area (Å²) in [6.45, 7) is 3.80. The van der Waals surface area contributed by atoms with E-state index in [2.05, 4.69) is 0 Å². The van der Waals surface area contributed by atoms with E-state index >= 15 is 0 Å². The molecule has 0 aromatic heterocycles. The number of carbonyl (C=O) groups excluding carboxylic acids is 1. The molecule has 1 aliphatic heterocycles. The predicted octanol–water partition coefficient (Wildman–Crippen LogP) is 0.304. The van der Waals surface area contributed by atoms with Crippen molar-refractivity contribution in [2.75, 3.05) is 26.2 Å². The third-order valence-electron chi connectivity index (χ3n) is 3.96. The van der Waals surface area contributed by atoms with Crippen molar-refractivity contribution in [3.8, 4) is 0 Å². The van der Waals surface area contributed by atoms with E-state index in [1.54, 1.807) is 11.8 Å². The summed E-state index contributed by atoms with van der Waals surface area (Å²) in [6.07, 6.45) is 0. The van der Waals surface area contributed by atoms with Gasteiger partial charge < -0.3 is 15.7 Å². The van der Waals surface area contributed by atoms with E-state index in [0.717, 1.165) is 5.56 Å². The van der Waals surface area contributed by atoms with E-state index < -0.39 is 18.1 Å². The Morgan fingerprint density at radius 3 is 2.24 bits per heavy atom. The van der Waals surface area contributed by atoms with E-state index in [4.69, 9.17) is 10.8 Å². The van der Waals surface area contributed by atoms with Crippen LogP contribution in [0.15, 0.2) is 30.3 Å². The van der Waals surface area contributed by atoms with E-state index in [9.17, 15) is 9.59 Å². The van der Waals surface area contributed by atoms with Crippen LogP contribution in [0.25, 0.3) is 0 Å². The van der Waals surface area contributed by atoms with Crippen molar-refractivity contribution in [2.45, 2.75) is 19.0 Å². The topological polar surface area (TPSA) is 86.9 Å². The molecule has 0 bridgehead atoms. The first-order valence-corrected chi connectivity index (χ1v) is 7.07. The summed E-state index contributed by atoms with van der Waals surface area (Å²) in [4.78, 5) is 26.9. The molecule has 1 amide bonds. The van der Waals surface area contributed by atoms with Gasteiger partial charge in [-0.3, -0.25) is 14.5 Å². The number of amides is 1. The molecular weight excluding hydrogens is 270 g/mol. The average Bonchev–Trinajstić information content (AvgIpc) is 2.53. The number of carboxylic acids is 1. The maximum absolute atomic E-state index is 12.4. The number of hydrogen-bond donors (Lipinski definition) is 2. The van der Waals surface area contributed by atoms with Gasteiger partial charge in [0.2, 0.25) is 5.91 Å². The summed E-state index contributed by atoms with van der Waals surface area (Å²) in [5, 5.41) is 9.00. The van der Waals surface area contributed by atoms with Gasteiger partial charge in [-0.2, -0.15) is 0 Å². The Kier molecular flexibility index (Phi) is 4.93. The fourth-order valence-corrected chi connectivity index (χ4v) is 2.49. The molecular formula is C15H21N3O3. The molecule has 21 heavy (non-hydrogen) atoms. The van der Waals surface area contributed by atoms with Crippen LogP contribution in [0.2, 0.25) is 0 Å². The summed E-state index contributed by atoms with van der Waals surface area (Å²) in [7, 11) is 0. The zero-order valence-corrected chi connectivity index (χ0v) is 12.1. The lowest BCUT2D eigenvalue weighted by Crippen LogP contribution is -2.54. The van der Waals surface area contributed by atoms with Crippen molar-refractivity contribution in [3.05, 3.63) is 35.9 Å². The molecule has 0 aliphatic carbocycles. The minimum Gasteiger partial charge on any atom is -0.480 e. The van der Waals surface area contributed by atoms with Crippen molar-refractivity contribution in [2.24, 2.45) is 5.73 Å². The largest absolute Gasteiger partial charge is 0.480 e. The van der Waals surface area contributed by atoms with Crippen LogP contribution >= 0.6 is 0 Å². The van der Waals surface area contributed by atoms with Crippen molar-refractivity contribution in [1.29, 1.82) is 0 Å². The Balaban J connectivity index is 1.93. The van der Waals surface area contributed by atoms with E-state index in [1.807, 2.05) is 35.2 Å². The highest BCUT2D eigenvalue weighted by molar-refractivity contribution is 5.83. The van der Waals surface area contributed by atoms with Gasteiger partial charge >= 0.3 is 5.97 Å². The molecule has 2 rings (SSSR count). The SMILES string of the molecule is CC(C(=O)O)N1CCN(C(=O)[C@H](N)c2ccccc2)CC1. The Morgan fingerprint density at radius 1 is 1.14 bits per heavy atom. The summed E-state index contributed by atoms with van der Waals surface area (Å²) in [5.74, 6) is -0.945. The third kappa shape index (κ3) is 3.59. The van der Waals surface area contributed by atoms with Gasteiger partial charge in [0, 0.05) is 26.2 Å². The number of carboxylic acid groups (broad SMARTS) is 1. The summed E-state index contributed by atoms with van der Waals surface area (Å²) in [5.41, 5.74) is 6.81. The molecule has 1 aliphatic rings. The smallest absolute Gasteiger partial charge is 0.320 e. The van der Waals surface area contributed by atoms with Gasteiger partial charge in [0.25, 0.3) is 0 Å². The second kappa shape index (κ2) is 6.69. The van der Waals surface area contributed by atoms with Gasteiger partial charge in [0.05, 0.1) is 0 Å². The predicted molar refractivity (Wildman–Crippen MR) is 78.6 cm³/mol. The first kappa shape index (κ1) is 15.5.